The van der Waals surface area contributed by atoms with Gasteiger partial charge in [-0.05, 0) is 31.4 Å². The average molecular weight is 245 g/mol. The van der Waals surface area contributed by atoms with Crippen LogP contribution in [0.5, 0.6) is 0 Å². The zero-order valence-electron chi connectivity index (χ0n) is 10.7. The third-order valence-electron chi connectivity index (χ3n) is 4.30. The number of hydrogen-bond acceptors (Lipinski definition) is 2. The Kier molecular flexibility index (Phi) is 2.67. The number of nitrogens with one attached hydrogen (secondary N) is 1. The maximum absolute atomic E-state index is 12.0. The topological polar surface area (TPSA) is 49.3 Å². The second-order valence-corrected chi connectivity index (χ2v) is 5.66. The number of benzene rings is 1. The minimum absolute atomic E-state index is 0.0438. The van der Waals surface area contributed by atoms with Crippen molar-refractivity contribution >= 4 is 5.91 Å². The summed E-state index contributed by atoms with van der Waals surface area (Å²) in [7, 11) is 0. The third-order valence-corrected chi connectivity index (χ3v) is 4.30. The lowest BCUT2D eigenvalue weighted by atomic mass is 9.77. The molecule has 2 aliphatic rings. The van der Waals surface area contributed by atoms with E-state index in [0.717, 1.165) is 42.4 Å². The Hall–Kier alpha value is -1.35. The van der Waals surface area contributed by atoms with E-state index in [-0.39, 0.29) is 11.9 Å². The van der Waals surface area contributed by atoms with Crippen molar-refractivity contribution in [1.82, 2.24) is 5.32 Å². The Morgan fingerprint density at radius 2 is 2.00 bits per heavy atom. The van der Waals surface area contributed by atoms with Crippen molar-refractivity contribution in [3.05, 3.63) is 34.9 Å². The minimum Gasteiger partial charge on any atom is -0.387 e. The summed E-state index contributed by atoms with van der Waals surface area (Å²) < 4.78 is 0. The van der Waals surface area contributed by atoms with E-state index in [0.29, 0.717) is 0 Å². The van der Waals surface area contributed by atoms with Crippen molar-refractivity contribution in [2.75, 3.05) is 0 Å². The minimum atomic E-state index is -0.756. The summed E-state index contributed by atoms with van der Waals surface area (Å²) in [4.78, 5) is 12.0. The Balaban J connectivity index is 1.99. The van der Waals surface area contributed by atoms with Crippen LogP contribution in [-0.4, -0.2) is 16.6 Å². The number of aryl methyl sites for hydroxylation is 1. The second kappa shape index (κ2) is 4.09. The van der Waals surface area contributed by atoms with Gasteiger partial charge in [0.05, 0.1) is 11.6 Å². The van der Waals surface area contributed by atoms with Gasteiger partial charge in [-0.2, -0.15) is 0 Å². The van der Waals surface area contributed by atoms with Gasteiger partial charge in [0.15, 0.2) is 0 Å². The van der Waals surface area contributed by atoms with Crippen molar-refractivity contribution < 1.29 is 9.90 Å². The van der Waals surface area contributed by atoms with E-state index >= 15 is 0 Å². The Morgan fingerprint density at radius 1 is 1.28 bits per heavy atom. The van der Waals surface area contributed by atoms with Crippen LogP contribution in [0.25, 0.3) is 0 Å². The molecule has 0 radical (unpaired) electrons. The highest BCUT2D eigenvalue weighted by atomic mass is 16.3. The molecule has 1 atom stereocenters. The molecule has 1 amide bonds. The standard InChI is InChI=1S/C15H19NO2/c1-10-5-6-11-12(9-10)14(17)16-13(11)15(18)7-3-2-4-8-15/h5-6,9,13,18H,2-4,7-8H2,1H3,(H,16,17). The summed E-state index contributed by atoms with van der Waals surface area (Å²) in [6.45, 7) is 1.98. The van der Waals surface area contributed by atoms with E-state index < -0.39 is 5.60 Å². The summed E-state index contributed by atoms with van der Waals surface area (Å²) in [6, 6.07) is 5.69. The molecule has 1 aliphatic carbocycles. The Morgan fingerprint density at radius 3 is 2.72 bits per heavy atom. The van der Waals surface area contributed by atoms with Crippen molar-refractivity contribution in [3.63, 3.8) is 0 Å². The fourth-order valence-corrected chi connectivity index (χ4v) is 3.28. The first-order valence-corrected chi connectivity index (χ1v) is 6.74. The van der Waals surface area contributed by atoms with Crippen LogP contribution in [0.1, 0.15) is 59.6 Å². The fraction of sp³-hybridized carbons (Fsp3) is 0.533. The van der Waals surface area contributed by atoms with Gasteiger partial charge in [-0.25, -0.2) is 0 Å². The molecule has 3 nitrogen and oxygen atoms in total. The number of aliphatic hydroxyl groups is 1. The molecular formula is C15H19NO2. The van der Waals surface area contributed by atoms with E-state index in [1.54, 1.807) is 0 Å². The molecule has 18 heavy (non-hydrogen) atoms. The Bertz CT molecular complexity index is 489. The molecule has 3 rings (SSSR count). The van der Waals surface area contributed by atoms with Crippen LogP contribution in [0.2, 0.25) is 0 Å². The maximum Gasteiger partial charge on any atom is 0.252 e. The fourth-order valence-electron chi connectivity index (χ4n) is 3.28. The zero-order valence-corrected chi connectivity index (χ0v) is 10.7. The predicted molar refractivity (Wildman–Crippen MR) is 69.4 cm³/mol. The first-order valence-electron chi connectivity index (χ1n) is 6.74. The van der Waals surface area contributed by atoms with Crippen molar-refractivity contribution in [2.45, 2.75) is 50.7 Å². The molecule has 0 aromatic heterocycles. The van der Waals surface area contributed by atoms with Gasteiger partial charge in [0.1, 0.15) is 0 Å². The molecule has 96 valence electrons. The number of rotatable bonds is 1. The second-order valence-electron chi connectivity index (χ2n) is 5.66. The molecule has 1 aromatic rings. The predicted octanol–water partition coefficient (Wildman–Crippen LogP) is 2.47. The molecule has 0 spiro atoms. The number of carbonyl (C=O) groups excluding carboxylic acids is 1. The largest absolute Gasteiger partial charge is 0.387 e. The van der Waals surface area contributed by atoms with Gasteiger partial charge in [-0.15, -0.1) is 0 Å². The third kappa shape index (κ3) is 1.74. The molecule has 1 saturated carbocycles. The van der Waals surface area contributed by atoms with Gasteiger partial charge in [0, 0.05) is 5.56 Å². The van der Waals surface area contributed by atoms with E-state index in [9.17, 15) is 9.90 Å². The molecule has 0 saturated heterocycles. The maximum atomic E-state index is 12.0. The highest BCUT2D eigenvalue weighted by Gasteiger charge is 2.44. The first kappa shape index (κ1) is 11.7. The van der Waals surface area contributed by atoms with Gasteiger partial charge in [0.2, 0.25) is 0 Å². The molecule has 1 fully saturated rings. The molecule has 1 heterocycles. The number of amides is 1. The number of carbonyl (C=O) groups is 1. The van der Waals surface area contributed by atoms with Crippen LogP contribution in [0, 0.1) is 6.92 Å². The lowest BCUT2D eigenvalue weighted by Crippen LogP contribution is -2.43. The van der Waals surface area contributed by atoms with Crippen LogP contribution >= 0.6 is 0 Å². The Labute approximate surface area is 107 Å². The van der Waals surface area contributed by atoms with Crippen molar-refractivity contribution in [1.29, 1.82) is 0 Å². The number of hydrogen-bond donors (Lipinski definition) is 2. The lowest BCUT2D eigenvalue weighted by Gasteiger charge is -2.37. The van der Waals surface area contributed by atoms with E-state index in [2.05, 4.69) is 5.32 Å². The molecule has 1 aromatic carbocycles. The summed E-state index contributed by atoms with van der Waals surface area (Å²) in [5.41, 5.74) is 2.03. The smallest absolute Gasteiger partial charge is 0.252 e. The lowest BCUT2D eigenvalue weighted by molar-refractivity contribution is -0.0272. The van der Waals surface area contributed by atoms with Gasteiger partial charge >= 0.3 is 0 Å². The van der Waals surface area contributed by atoms with Crippen LogP contribution in [-0.2, 0) is 0 Å². The highest BCUT2D eigenvalue weighted by molar-refractivity contribution is 5.99. The normalized spacial score (nSPS) is 25.7. The molecule has 1 aliphatic heterocycles. The quantitative estimate of drug-likeness (QED) is 0.798. The summed E-state index contributed by atoms with van der Waals surface area (Å²) in [5.74, 6) is -0.0438. The molecule has 2 N–H and O–H groups in total. The van der Waals surface area contributed by atoms with Gasteiger partial charge in [-0.3, -0.25) is 4.79 Å². The van der Waals surface area contributed by atoms with Gasteiger partial charge in [-0.1, -0.05) is 37.0 Å². The van der Waals surface area contributed by atoms with Crippen LogP contribution in [0.3, 0.4) is 0 Å². The van der Waals surface area contributed by atoms with E-state index in [1.807, 2.05) is 25.1 Å². The van der Waals surface area contributed by atoms with Crippen LogP contribution < -0.4 is 5.32 Å². The first-order chi connectivity index (χ1) is 8.60. The molecule has 0 bridgehead atoms. The monoisotopic (exact) mass is 245 g/mol. The van der Waals surface area contributed by atoms with Crippen molar-refractivity contribution in [2.24, 2.45) is 0 Å². The van der Waals surface area contributed by atoms with Crippen molar-refractivity contribution in [3.8, 4) is 0 Å². The van der Waals surface area contributed by atoms with E-state index in [4.69, 9.17) is 0 Å². The summed E-state index contributed by atoms with van der Waals surface area (Å²) in [5, 5.41) is 13.8. The van der Waals surface area contributed by atoms with E-state index in [1.165, 1.54) is 6.42 Å². The highest BCUT2D eigenvalue weighted by Crippen LogP contribution is 2.42. The molecular weight excluding hydrogens is 226 g/mol. The summed E-state index contributed by atoms with van der Waals surface area (Å²) >= 11 is 0. The SMILES string of the molecule is Cc1ccc2c(c1)C(=O)NC2C1(O)CCCCC1. The molecule has 1 unspecified atom stereocenters. The van der Waals surface area contributed by atoms with Gasteiger partial charge < -0.3 is 10.4 Å². The molecule has 3 heteroatoms. The number of fused-ring (bicyclic) bond motifs is 1. The van der Waals surface area contributed by atoms with Gasteiger partial charge in [0.25, 0.3) is 5.91 Å². The van der Waals surface area contributed by atoms with Crippen LogP contribution in [0.15, 0.2) is 18.2 Å². The summed E-state index contributed by atoms with van der Waals surface area (Å²) in [6.07, 6.45) is 4.84. The zero-order chi connectivity index (χ0) is 12.8. The van der Waals surface area contributed by atoms with Crippen LogP contribution in [0.4, 0.5) is 0 Å². The average Bonchev–Trinajstić information content (AvgIpc) is 2.68.